The van der Waals surface area contributed by atoms with Crippen LogP contribution in [-0.4, -0.2) is 20.9 Å². The number of rotatable bonds is 3. The quantitative estimate of drug-likeness (QED) is 0.940. The van der Waals surface area contributed by atoms with Gasteiger partial charge in [-0.1, -0.05) is 19.1 Å². The second-order valence-corrected chi connectivity index (χ2v) is 4.74. The zero-order valence-corrected chi connectivity index (χ0v) is 11.7. The van der Waals surface area contributed by atoms with E-state index in [1.165, 1.54) is 4.68 Å². The molecule has 19 heavy (non-hydrogen) atoms. The van der Waals surface area contributed by atoms with Crippen molar-refractivity contribution in [1.82, 2.24) is 9.78 Å². The van der Waals surface area contributed by atoms with Crippen LogP contribution in [0.15, 0.2) is 39.7 Å². The fourth-order valence-electron chi connectivity index (χ4n) is 1.69. The third-order valence-electron chi connectivity index (χ3n) is 2.68. The van der Waals surface area contributed by atoms with Crippen LogP contribution < -0.4 is 5.43 Å². The van der Waals surface area contributed by atoms with E-state index in [0.717, 1.165) is 4.47 Å². The van der Waals surface area contributed by atoms with Crippen molar-refractivity contribution < 1.29 is 9.90 Å². The lowest BCUT2D eigenvalue weighted by atomic mass is 10.2. The van der Waals surface area contributed by atoms with Crippen molar-refractivity contribution in [1.29, 1.82) is 0 Å². The minimum absolute atomic E-state index is 0.420. The Morgan fingerprint density at radius 2 is 2.11 bits per heavy atom. The maximum absolute atomic E-state index is 11.8. The van der Waals surface area contributed by atoms with Gasteiger partial charge in [0.15, 0.2) is 0 Å². The zero-order valence-electron chi connectivity index (χ0n) is 10.1. The van der Waals surface area contributed by atoms with Gasteiger partial charge in [-0.05, 0) is 34.5 Å². The van der Waals surface area contributed by atoms with E-state index in [4.69, 9.17) is 5.11 Å². The van der Waals surface area contributed by atoms with Gasteiger partial charge in [0.2, 0.25) is 11.1 Å². The first-order valence-corrected chi connectivity index (χ1v) is 6.45. The Morgan fingerprint density at radius 3 is 2.68 bits per heavy atom. The number of nitrogens with zero attached hydrogens (tertiary/aromatic N) is 2. The monoisotopic (exact) mass is 322 g/mol. The van der Waals surface area contributed by atoms with Crippen LogP contribution >= 0.6 is 15.9 Å². The Bertz CT molecular complexity index is 695. The lowest BCUT2D eigenvalue weighted by Crippen LogP contribution is -2.24. The summed E-state index contributed by atoms with van der Waals surface area (Å²) in [5.74, 6) is -1.32. The Labute approximate surface area is 117 Å². The molecule has 1 heterocycles. The van der Waals surface area contributed by atoms with Crippen molar-refractivity contribution in [2.75, 3.05) is 0 Å². The summed E-state index contributed by atoms with van der Waals surface area (Å²) in [5, 5.41) is 12.9. The van der Waals surface area contributed by atoms with Crippen LogP contribution in [0, 0.1) is 0 Å². The molecule has 0 radical (unpaired) electrons. The standard InChI is InChI=1S/C13H11BrN2O3/c1-2-8-7-16(10-6-4-3-5-9(10)14)15-11(12(8)17)13(18)19/h3-7H,2H2,1H3,(H,18,19). The third-order valence-corrected chi connectivity index (χ3v) is 3.35. The number of aromatic carboxylic acids is 1. The van der Waals surface area contributed by atoms with E-state index >= 15 is 0 Å². The van der Waals surface area contributed by atoms with Crippen LogP contribution in [-0.2, 0) is 6.42 Å². The number of carboxylic acids is 1. The second-order valence-electron chi connectivity index (χ2n) is 3.89. The molecule has 1 aromatic carbocycles. The van der Waals surface area contributed by atoms with Crippen LogP contribution in [0.25, 0.3) is 5.69 Å². The molecule has 0 aliphatic heterocycles. The summed E-state index contributed by atoms with van der Waals surface area (Å²) in [6.07, 6.45) is 2.01. The number of carboxylic acid groups (broad SMARTS) is 1. The van der Waals surface area contributed by atoms with Crippen LogP contribution in [0.5, 0.6) is 0 Å². The molecule has 0 aliphatic rings. The smallest absolute Gasteiger partial charge is 0.360 e. The largest absolute Gasteiger partial charge is 0.476 e. The fraction of sp³-hybridized carbons (Fsp3) is 0.154. The van der Waals surface area contributed by atoms with E-state index in [1.807, 2.05) is 18.2 Å². The van der Waals surface area contributed by atoms with Crippen molar-refractivity contribution in [3.8, 4) is 5.69 Å². The fourth-order valence-corrected chi connectivity index (χ4v) is 2.16. The number of carbonyl (C=O) groups is 1. The molecule has 0 bridgehead atoms. The van der Waals surface area contributed by atoms with Gasteiger partial charge in [0, 0.05) is 16.2 Å². The molecule has 0 fully saturated rings. The molecule has 2 aromatic rings. The average molecular weight is 323 g/mol. The minimum atomic E-state index is -1.32. The third kappa shape index (κ3) is 2.58. The number of hydrogen-bond donors (Lipinski definition) is 1. The molecular weight excluding hydrogens is 312 g/mol. The van der Waals surface area contributed by atoms with Crippen molar-refractivity contribution in [2.45, 2.75) is 13.3 Å². The van der Waals surface area contributed by atoms with E-state index in [1.54, 1.807) is 19.2 Å². The lowest BCUT2D eigenvalue weighted by Gasteiger charge is -2.10. The molecule has 2 rings (SSSR count). The predicted molar refractivity (Wildman–Crippen MR) is 73.9 cm³/mol. The van der Waals surface area contributed by atoms with Crippen molar-refractivity contribution in [2.24, 2.45) is 0 Å². The van der Waals surface area contributed by atoms with Gasteiger partial charge < -0.3 is 5.11 Å². The Morgan fingerprint density at radius 1 is 1.42 bits per heavy atom. The van der Waals surface area contributed by atoms with Gasteiger partial charge in [0.05, 0.1) is 5.69 Å². The molecule has 5 nitrogen and oxygen atoms in total. The van der Waals surface area contributed by atoms with Crippen molar-refractivity contribution in [3.63, 3.8) is 0 Å². The molecule has 98 valence electrons. The number of para-hydroxylation sites is 1. The molecule has 0 saturated heterocycles. The van der Waals surface area contributed by atoms with Gasteiger partial charge in [-0.15, -0.1) is 0 Å². The number of aromatic nitrogens is 2. The second kappa shape index (κ2) is 5.36. The highest BCUT2D eigenvalue weighted by Gasteiger charge is 2.16. The summed E-state index contributed by atoms with van der Waals surface area (Å²) in [4.78, 5) is 22.9. The van der Waals surface area contributed by atoms with Crippen LogP contribution in [0.3, 0.4) is 0 Å². The molecule has 0 spiro atoms. The highest BCUT2D eigenvalue weighted by molar-refractivity contribution is 9.10. The first-order valence-electron chi connectivity index (χ1n) is 5.65. The minimum Gasteiger partial charge on any atom is -0.476 e. The predicted octanol–water partition coefficient (Wildman–Crippen LogP) is 2.26. The summed E-state index contributed by atoms with van der Waals surface area (Å²) in [6.45, 7) is 1.80. The van der Waals surface area contributed by atoms with E-state index in [2.05, 4.69) is 21.0 Å². The first kappa shape index (κ1) is 13.5. The Kier molecular flexibility index (Phi) is 3.80. The number of aryl methyl sites for hydroxylation is 1. The van der Waals surface area contributed by atoms with Crippen LogP contribution in [0.4, 0.5) is 0 Å². The van der Waals surface area contributed by atoms with Gasteiger partial charge in [-0.2, -0.15) is 5.10 Å². The highest BCUT2D eigenvalue weighted by Crippen LogP contribution is 2.19. The van der Waals surface area contributed by atoms with E-state index in [-0.39, 0.29) is 0 Å². The lowest BCUT2D eigenvalue weighted by molar-refractivity contribution is 0.0686. The maximum atomic E-state index is 11.8. The van der Waals surface area contributed by atoms with Gasteiger partial charge in [-0.3, -0.25) is 4.79 Å². The number of halogens is 1. The zero-order chi connectivity index (χ0) is 14.0. The van der Waals surface area contributed by atoms with Gasteiger partial charge >= 0.3 is 5.97 Å². The van der Waals surface area contributed by atoms with Crippen molar-refractivity contribution in [3.05, 3.63) is 56.4 Å². The van der Waals surface area contributed by atoms with Gasteiger partial charge in [0.25, 0.3) is 0 Å². The van der Waals surface area contributed by atoms with E-state index < -0.39 is 17.1 Å². The normalized spacial score (nSPS) is 10.4. The van der Waals surface area contributed by atoms with E-state index in [0.29, 0.717) is 17.7 Å². The summed E-state index contributed by atoms with van der Waals surface area (Å²) in [7, 11) is 0. The number of benzene rings is 1. The molecule has 1 aromatic heterocycles. The molecule has 0 amide bonds. The molecule has 6 heteroatoms. The van der Waals surface area contributed by atoms with Crippen molar-refractivity contribution >= 4 is 21.9 Å². The molecule has 0 saturated carbocycles. The summed E-state index contributed by atoms with van der Waals surface area (Å²) >= 11 is 3.37. The van der Waals surface area contributed by atoms with Gasteiger partial charge in [-0.25, -0.2) is 9.48 Å². The van der Waals surface area contributed by atoms with Crippen LogP contribution in [0.1, 0.15) is 23.0 Å². The molecule has 0 aliphatic carbocycles. The highest BCUT2D eigenvalue weighted by atomic mass is 79.9. The molecular formula is C13H11BrN2O3. The Hall–Kier alpha value is -1.95. The molecule has 1 N–H and O–H groups in total. The van der Waals surface area contributed by atoms with Crippen LogP contribution in [0.2, 0.25) is 0 Å². The first-order chi connectivity index (χ1) is 9.04. The topological polar surface area (TPSA) is 72.2 Å². The molecule has 0 unspecified atom stereocenters. The summed E-state index contributed by atoms with van der Waals surface area (Å²) in [6, 6.07) is 7.26. The SMILES string of the molecule is CCc1cn(-c2ccccc2Br)nc(C(=O)O)c1=O. The maximum Gasteiger partial charge on any atom is 0.360 e. The number of hydrogen-bond acceptors (Lipinski definition) is 3. The van der Waals surface area contributed by atoms with Gasteiger partial charge in [0.1, 0.15) is 0 Å². The summed E-state index contributed by atoms with van der Waals surface area (Å²) < 4.78 is 2.18. The average Bonchev–Trinajstić information content (AvgIpc) is 2.39. The Balaban J connectivity index is 2.72. The summed E-state index contributed by atoms with van der Waals surface area (Å²) in [5.41, 5.74) is 0.108. The molecule has 0 atom stereocenters. The van der Waals surface area contributed by atoms with E-state index in [9.17, 15) is 9.59 Å².